The van der Waals surface area contributed by atoms with Crippen LogP contribution >= 0.6 is 0 Å². The predicted octanol–water partition coefficient (Wildman–Crippen LogP) is 3.36. The molecule has 5 nitrogen and oxygen atoms in total. The lowest BCUT2D eigenvalue weighted by Crippen LogP contribution is -2.39. The smallest absolute Gasteiger partial charge is 0.261 e. The maximum Gasteiger partial charge on any atom is 0.261 e. The van der Waals surface area contributed by atoms with Crippen LogP contribution in [0.1, 0.15) is 18.9 Å². The number of carbonyl (C=O) groups excluding carboxylic acids is 1. The summed E-state index contributed by atoms with van der Waals surface area (Å²) >= 11 is 0. The lowest BCUT2D eigenvalue weighted by Gasteiger charge is -2.17. The van der Waals surface area contributed by atoms with E-state index in [1.807, 2.05) is 50.2 Å². The fourth-order valence-electron chi connectivity index (χ4n) is 2.25. The van der Waals surface area contributed by atoms with Gasteiger partial charge in [0.05, 0.1) is 13.7 Å². The van der Waals surface area contributed by atoms with E-state index in [0.717, 1.165) is 5.75 Å². The molecule has 1 N–H and O–H groups in total. The SMILES string of the molecule is CCC(Oc1cccc(OC)c1)C(=O)NCCOc1ccc(C)cc1. The molecule has 2 aromatic rings. The van der Waals surface area contributed by atoms with E-state index in [1.54, 1.807) is 19.2 Å². The van der Waals surface area contributed by atoms with Gasteiger partial charge in [-0.05, 0) is 37.6 Å². The maximum absolute atomic E-state index is 12.3. The number of rotatable bonds is 9. The second kappa shape index (κ2) is 9.57. The first-order chi connectivity index (χ1) is 12.1. The molecular weight excluding hydrogens is 318 g/mol. The van der Waals surface area contributed by atoms with E-state index in [9.17, 15) is 4.79 Å². The molecule has 0 saturated carbocycles. The molecule has 0 aliphatic carbocycles. The first kappa shape index (κ1) is 18.6. The molecule has 0 aromatic heterocycles. The Hall–Kier alpha value is -2.69. The fourth-order valence-corrected chi connectivity index (χ4v) is 2.25. The van der Waals surface area contributed by atoms with Crippen molar-refractivity contribution < 1.29 is 19.0 Å². The van der Waals surface area contributed by atoms with Gasteiger partial charge in [0.15, 0.2) is 6.10 Å². The molecule has 25 heavy (non-hydrogen) atoms. The van der Waals surface area contributed by atoms with Gasteiger partial charge in [0, 0.05) is 6.07 Å². The summed E-state index contributed by atoms with van der Waals surface area (Å²) in [6.07, 6.45) is 0.0217. The van der Waals surface area contributed by atoms with E-state index < -0.39 is 6.10 Å². The molecule has 5 heteroatoms. The molecule has 0 aliphatic heterocycles. The van der Waals surface area contributed by atoms with Crippen LogP contribution in [0.3, 0.4) is 0 Å². The number of hydrogen-bond donors (Lipinski definition) is 1. The number of benzene rings is 2. The average molecular weight is 343 g/mol. The minimum absolute atomic E-state index is 0.155. The van der Waals surface area contributed by atoms with Crippen LogP contribution in [0.25, 0.3) is 0 Å². The zero-order valence-corrected chi connectivity index (χ0v) is 15.0. The molecule has 1 amide bonds. The Morgan fingerprint density at radius 1 is 1.08 bits per heavy atom. The van der Waals surface area contributed by atoms with E-state index in [0.29, 0.717) is 31.1 Å². The Morgan fingerprint density at radius 3 is 2.48 bits per heavy atom. The quantitative estimate of drug-likeness (QED) is 0.710. The zero-order valence-electron chi connectivity index (χ0n) is 15.0. The summed E-state index contributed by atoms with van der Waals surface area (Å²) in [5.41, 5.74) is 1.18. The molecule has 0 radical (unpaired) electrons. The highest BCUT2D eigenvalue weighted by molar-refractivity contribution is 5.81. The molecule has 2 rings (SSSR count). The van der Waals surface area contributed by atoms with Crippen molar-refractivity contribution in [3.05, 3.63) is 54.1 Å². The van der Waals surface area contributed by atoms with Gasteiger partial charge in [0.25, 0.3) is 5.91 Å². The molecule has 1 unspecified atom stereocenters. The summed E-state index contributed by atoms with van der Waals surface area (Å²) < 4.78 is 16.5. The van der Waals surface area contributed by atoms with Crippen molar-refractivity contribution in [2.75, 3.05) is 20.3 Å². The molecule has 1 atom stereocenters. The van der Waals surface area contributed by atoms with Crippen LogP contribution in [-0.4, -0.2) is 32.3 Å². The number of carbonyl (C=O) groups is 1. The van der Waals surface area contributed by atoms with Gasteiger partial charge >= 0.3 is 0 Å². The van der Waals surface area contributed by atoms with Gasteiger partial charge in [-0.25, -0.2) is 0 Å². The highest BCUT2D eigenvalue weighted by atomic mass is 16.5. The maximum atomic E-state index is 12.3. The molecule has 0 spiro atoms. The minimum atomic E-state index is -0.550. The van der Waals surface area contributed by atoms with Gasteiger partial charge in [-0.3, -0.25) is 4.79 Å². The van der Waals surface area contributed by atoms with E-state index in [-0.39, 0.29) is 5.91 Å². The summed E-state index contributed by atoms with van der Waals surface area (Å²) in [7, 11) is 1.59. The van der Waals surface area contributed by atoms with E-state index in [4.69, 9.17) is 14.2 Å². The second-order valence-corrected chi connectivity index (χ2v) is 5.65. The first-order valence-electron chi connectivity index (χ1n) is 8.40. The number of amides is 1. The number of methoxy groups -OCH3 is 1. The Bertz CT molecular complexity index is 670. The fraction of sp³-hybridized carbons (Fsp3) is 0.350. The van der Waals surface area contributed by atoms with Crippen molar-refractivity contribution in [2.45, 2.75) is 26.4 Å². The summed E-state index contributed by atoms with van der Waals surface area (Å²) in [5, 5.41) is 2.84. The standard InChI is InChI=1S/C20H25NO4/c1-4-19(25-18-7-5-6-17(14-18)23-3)20(22)21-12-13-24-16-10-8-15(2)9-11-16/h5-11,14,19H,4,12-13H2,1-3H3,(H,21,22). The zero-order chi connectivity index (χ0) is 18.1. The third-order valence-electron chi connectivity index (χ3n) is 3.67. The van der Waals surface area contributed by atoms with Crippen molar-refractivity contribution in [2.24, 2.45) is 0 Å². The third kappa shape index (κ3) is 6.03. The Morgan fingerprint density at radius 2 is 1.80 bits per heavy atom. The van der Waals surface area contributed by atoms with E-state index >= 15 is 0 Å². The monoisotopic (exact) mass is 343 g/mol. The lowest BCUT2D eigenvalue weighted by atomic mass is 10.2. The van der Waals surface area contributed by atoms with Crippen molar-refractivity contribution in [1.82, 2.24) is 5.32 Å². The summed E-state index contributed by atoms with van der Waals surface area (Å²) in [6.45, 7) is 4.76. The van der Waals surface area contributed by atoms with Gasteiger partial charge in [-0.15, -0.1) is 0 Å². The van der Waals surface area contributed by atoms with Crippen molar-refractivity contribution in [3.63, 3.8) is 0 Å². The Balaban J connectivity index is 1.78. The number of aryl methyl sites for hydroxylation is 1. The van der Waals surface area contributed by atoms with Crippen LogP contribution in [0.5, 0.6) is 17.2 Å². The molecule has 0 fully saturated rings. The molecular formula is C20H25NO4. The minimum Gasteiger partial charge on any atom is -0.497 e. The van der Waals surface area contributed by atoms with Gasteiger partial charge in [0.2, 0.25) is 0 Å². The predicted molar refractivity (Wildman–Crippen MR) is 97.4 cm³/mol. The van der Waals surface area contributed by atoms with Crippen LogP contribution in [-0.2, 0) is 4.79 Å². The van der Waals surface area contributed by atoms with Crippen LogP contribution in [0, 0.1) is 6.92 Å². The molecule has 0 bridgehead atoms. The van der Waals surface area contributed by atoms with Gasteiger partial charge < -0.3 is 19.5 Å². The number of ether oxygens (including phenoxy) is 3. The molecule has 0 aliphatic rings. The van der Waals surface area contributed by atoms with Crippen LogP contribution in [0.2, 0.25) is 0 Å². The third-order valence-corrected chi connectivity index (χ3v) is 3.67. The summed E-state index contributed by atoms with van der Waals surface area (Å²) in [5.74, 6) is 1.94. The van der Waals surface area contributed by atoms with Crippen LogP contribution in [0.4, 0.5) is 0 Å². The second-order valence-electron chi connectivity index (χ2n) is 5.65. The molecule has 0 saturated heterocycles. The number of hydrogen-bond acceptors (Lipinski definition) is 4. The first-order valence-corrected chi connectivity index (χ1v) is 8.40. The number of nitrogens with one attached hydrogen (secondary N) is 1. The highest BCUT2D eigenvalue weighted by Crippen LogP contribution is 2.20. The Kier molecular flexibility index (Phi) is 7.14. The summed E-state index contributed by atoms with van der Waals surface area (Å²) in [4.78, 5) is 12.3. The van der Waals surface area contributed by atoms with Crippen LogP contribution in [0.15, 0.2) is 48.5 Å². The molecule has 2 aromatic carbocycles. The average Bonchev–Trinajstić information content (AvgIpc) is 2.64. The van der Waals surface area contributed by atoms with Gasteiger partial charge in [-0.2, -0.15) is 0 Å². The topological polar surface area (TPSA) is 56.8 Å². The summed E-state index contributed by atoms with van der Waals surface area (Å²) in [6, 6.07) is 15.0. The van der Waals surface area contributed by atoms with Gasteiger partial charge in [-0.1, -0.05) is 30.7 Å². The molecule has 134 valence electrons. The van der Waals surface area contributed by atoms with Crippen molar-refractivity contribution in [3.8, 4) is 17.2 Å². The van der Waals surface area contributed by atoms with Crippen molar-refractivity contribution >= 4 is 5.91 Å². The van der Waals surface area contributed by atoms with Crippen LogP contribution < -0.4 is 19.5 Å². The largest absolute Gasteiger partial charge is 0.497 e. The van der Waals surface area contributed by atoms with E-state index in [2.05, 4.69) is 5.32 Å². The van der Waals surface area contributed by atoms with Crippen molar-refractivity contribution in [1.29, 1.82) is 0 Å². The lowest BCUT2D eigenvalue weighted by molar-refractivity contribution is -0.128. The highest BCUT2D eigenvalue weighted by Gasteiger charge is 2.18. The van der Waals surface area contributed by atoms with Gasteiger partial charge in [0.1, 0.15) is 23.9 Å². The Labute approximate surface area is 148 Å². The normalized spacial score (nSPS) is 11.5. The van der Waals surface area contributed by atoms with E-state index in [1.165, 1.54) is 5.56 Å². The molecule has 0 heterocycles.